The van der Waals surface area contributed by atoms with Crippen LogP contribution in [0.3, 0.4) is 0 Å². The molecule has 1 aliphatic heterocycles. The predicted octanol–water partition coefficient (Wildman–Crippen LogP) is 3.43. The molecule has 5 nitrogen and oxygen atoms in total. The first kappa shape index (κ1) is 15.1. The quantitative estimate of drug-likeness (QED) is 0.848. The number of nitrogens with one attached hydrogen (secondary N) is 1. The Balaban J connectivity index is 1.92. The van der Waals surface area contributed by atoms with E-state index in [1.165, 1.54) is 0 Å². The molecule has 1 aromatic carbocycles. The zero-order valence-corrected chi connectivity index (χ0v) is 12.9. The number of benzene rings is 1. The van der Waals surface area contributed by atoms with Crippen LogP contribution in [0.4, 0.5) is 10.5 Å². The third-order valence-electron chi connectivity index (χ3n) is 3.30. The molecular weight excluding hydrogens is 348 g/mol. The van der Waals surface area contributed by atoms with Crippen molar-refractivity contribution < 1.29 is 14.7 Å². The maximum absolute atomic E-state index is 12.1. The lowest BCUT2D eigenvalue weighted by Crippen LogP contribution is -2.42. The number of likely N-dealkylation sites (tertiary alicyclic amines) is 1. The van der Waals surface area contributed by atoms with Gasteiger partial charge in [-0.25, -0.2) is 4.79 Å². The molecule has 1 aromatic rings. The summed E-state index contributed by atoms with van der Waals surface area (Å²) in [4.78, 5) is 24.5. The van der Waals surface area contributed by atoms with Crippen molar-refractivity contribution >= 4 is 45.2 Å². The summed E-state index contributed by atoms with van der Waals surface area (Å²) in [5.41, 5.74) is 0.645. The molecule has 2 amide bonds. The summed E-state index contributed by atoms with van der Waals surface area (Å²) in [6.45, 7) is 0.912. The molecule has 1 fully saturated rings. The molecule has 108 valence electrons. The van der Waals surface area contributed by atoms with Crippen molar-refractivity contribution in [2.75, 3.05) is 18.4 Å². The molecule has 0 spiro atoms. The summed E-state index contributed by atoms with van der Waals surface area (Å²) >= 11 is 9.18. The van der Waals surface area contributed by atoms with Crippen LogP contribution in [0.1, 0.15) is 12.8 Å². The zero-order valence-electron chi connectivity index (χ0n) is 10.6. The molecule has 20 heavy (non-hydrogen) atoms. The standard InChI is InChI=1S/C13H14BrClN2O3/c14-10-7-9(1-2-11(10)15)16-13(20)17-5-3-8(4-6-17)12(18)19/h1-2,7-8H,3-6H2,(H,16,20)(H,18,19). The minimum absolute atomic E-state index is 0.219. The highest BCUT2D eigenvalue weighted by Gasteiger charge is 2.26. The molecule has 1 aliphatic rings. The first-order valence-corrected chi connectivity index (χ1v) is 7.38. The Hall–Kier alpha value is -1.27. The molecule has 1 saturated heterocycles. The van der Waals surface area contributed by atoms with Gasteiger partial charge in [-0.2, -0.15) is 0 Å². The van der Waals surface area contributed by atoms with Gasteiger partial charge >= 0.3 is 12.0 Å². The van der Waals surface area contributed by atoms with E-state index in [2.05, 4.69) is 21.2 Å². The van der Waals surface area contributed by atoms with Gasteiger partial charge in [-0.15, -0.1) is 0 Å². The highest BCUT2D eigenvalue weighted by molar-refractivity contribution is 9.10. The van der Waals surface area contributed by atoms with Gasteiger partial charge in [0.15, 0.2) is 0 Å². The van der Waals surface area contributed by atoms with E-state index in [-0.39, 0.29) is 11.9 Å². The second kappa shape index (κ2) is 6.45. The van der Waals surface area contributed by atoms with E-state index >= 15 is 0 Å². The lowest BCUT2D eigenvalue weighted by Gasteiger charge is -2.30. The number of amides is 2. The van der Waals surface area contributed by atoms with Crippen LogP contribution in [0, 0.1) is 5.92 Å². The van der Waals surface area contributed by atoms with Crippen LogP contribution in [-0.2, 0) is 4.79 Å². The van der Waals surface area contributed by atoms with Crippen molar-refractivity contribution in [3.63, 3.8) is 0 Å². The molecule has 1 heterocycles. The van der Waals surface area contributed by atoms with E-state index in [1.807, 2.05) is 0 Å². The monoisotopic (exact) mass is 360 g/mol. The number of piperidine rings is 1. The van der Waals surface area contributed by atoms with Crippen LogP contribution in [-0.4, -0.2) is 35.1 Å². The van der Waals surface area contributed by atoms with Gasteiger partial charge in [0.25, 0.3) is 0 Å². The maximum atomic E-state index is 12.1. The minimum Gasteiger partial charge on any atom is -0.481 e. The highest BCUT2D eigenvalue weighted by Crippen LogP contribution is 2.26. The average Bonchev–Trinajstić information content (AvgIpc) is 2.43. The number of hydrogen-bond acceptors (Lipinski definition) is 2. The second-order valence-corrected chi connectivity index (χ2v) is 5.92. The summed E-state index contributed by atoms with van der Waals surface area (Å²) in [6, 6.07) is 4.92. The fraction of sp³-hybridized carbons (Fsp3) is 0.385. The normalized spacial score (nSPS) is 16.0. The van der Waals surface area contributed by atoms with Gasteiger partial charge in [0, 0.05) is 23.2 Å². The highest BCUT2D eigenvalue weighted by atomic mass is 79.9. The predicted molar refractivity (Wildman–Crippen MR) is 80.1 cm³/mol. The number of urea groups is 1. The van der Waals surface area contributed by atoms with E-state index in [0.29, 0.717) is 41.1 Å². The van der Waals surface area contributed by atoms with Crippen molar-refractivity contribution in [3.05, 3.63) is 27.7 Å². The van der Waals surface area contributed by atoms with Crippen LogP contribution in [0.15, 0.2) is 22.7 Å². The lowest BCUT2D eigenvalue weighted by molar-refractivity contribution is -0.143. The van der Waals surface area contributed by atoms with Gasteiger partial charge in [-0.05, 0) is 47.0 Å². The Kier molecular flexibility index (Phi) is 4.88. The van der Waals surface area contributed by atoms with Crippen LogP contribution >= 0.6 is 27.5 Å². The lowest BCUT2D eigenvalue weighted by atomic mass is 9.97. The Morgan fingerprint density at radius 1 is 1.35 bits per heavy atom. The number of anilines is 1. The van der Waals surface area contributed by atoms with E-state index < -0.39 is 5.97 Å². The molecule has 0 atom stereocenters. The molecule has 0 unspecified atom stereocenters. The van der Waals surface area contributed by atoms with Crippen LogP contribution in [0.5, 0.6) is 0 Å². The number of nitrogens with zero attached hydrogens (tertiary/aromatic N) is 1. The Labute approximate surface area is 130 Å². The van der Waals surface area contributed by atoms with Gasteiger partial charge in [-0.3, -0.25) is 4.79 Å². The SMILES string of the molecule is O=C(O)C1CCN(C(=O)Nc2ccc(Cl)c(Br)c2)CC1. The van der Waals surface area contributed by atoms with Gasteiger partial charge in [0.05, 0.1) is 10.9 Å². The number of carboxylic acid groups (broad SMARTS) is 1. The summed E-state index contributed by atoms with van der Waals surface area (Å²) in [5.74, 6) is -1.13. The number of carboxylic acids is 1. The topological polar surface area (TPSA) is 69.6 Å². The van der Waals surface area contributed by atoms with E-state index in [9.17, 15) is 9.59 Å². The fourth-order valence-electron chi connectivity index (χ4n) is 2.11. The van der Waals surface area contributed by atoms with Gasteiger partial charge in [0.1, 0.15) is 0 Å². The van der Waals surface area contributed by atoms with Gasteiger partial charge < -0.3 is 15.3 Å². The van der Waals surface area contributed by atoms with Crippen molar-refractivity contribution in [2.45, 2.75) is 12.8 Å². The summed E-state index contributed by atoms with van der Waals surface area (Å²) in [5, 5.41) is 12.3. The summed E-state index contributed by atoms with van der Waals surface area (Å²) in [7, 11) is 0. The third kappa shape index (κ3) is 3.64. The van der Waals surface area contributed by atoms with E-state index in [1.54, 1.807) is 23.1 Å². The van der Waals surface area contributed by atoms with Crippen molar-refractivity contribution in [3.8, 4) is 0 Å². The van der Waals surface area contributed by atoms with E-state index in [0.717, 1.165) is 0 Å². The van der Waals surface area contributed by atoms with Crippen LogP contribution in [0.2, 0.25) is 5.02 Å². The first-order valence-electron chi connectivity index (χ1n) is 6.21. The number of aliphatic carboxylic acids is 1. The number of carbonyl (C=O) groups is 2. The number of rotatable bonds is 2. The second-order valence-electron chi connectivity index (χ2n) is 4.66. The van der Waals surface area contributed by atoms with Crippen molar-refractivity contribution in [2.24, 2.45) is 5.92 Å². The molecule has 7 heteroatoms. The fourth-order valence-corrected chi connectivity index (χ4v) is 2.60. The van der Waals surface area contributed by atoms with Crippen molar-refractivity contribution in [1.82, 2.24) is 4.90 Å². The zero-order chi connectivity index (χ0) is 14.7. The number of carbonyl (C=O) groups excluding carboxylic acids is 1. The Bertz CT molecular complexity index is 530. The summed E-state index contributed by atoms with van der Waals surface area (Å²) in [6.07, 6.45) is 0.986. The average molecular weight is 362 g/mol. The molecule has 0 radical (unpaired) electrons. The van der Waals surface area contributed by atoms with Crippen LogP contribution < -0.4 is 5.32 Å². The van der Waals surface area contributed by atoms with E-state index in [4.69, 9.17) is 16.7 Å². The third-order valence-corrected chi connectivity index (χ3v) is 4.52. The largest absolute Gasteiger partial charge is 0.481 e. The molecule has 2 N–H and O–H groups in total. The maximum Gasteiger partial charge on any atom is 0.321 e. The molecule has 0 aromatic heterocycles. The smallest absolute Gasteiger partial charge is 0.321 e. The summed E-state index contributed by atoms with van der Waals surface area (Å²) < 4.78 is 0.710. The van der Waals surface area contributed by atoms with Gasteiger partial charge in [0.2, 0.25) is 0 Å². The molecular formula is C13H14BrClN2O3. The molecule has 0 bridgehead atoms. The van der Waals surface area contributed by atoms with Gasteiger partial charge in [-0.1, -0.05) is 11.6 Å². The Morgan fingerprint density at radius 3 is 2.55 bits per heavy atom. The van der Waals surface area contributed by atoms with Crippen molar-refractivity contribution in [1.29, 1.82) is 0 Å². The number of halogens is 2. The molecule has 2 rings (SSSR count). The minimum atomic E-state index is -0.785. The number of hydrogen-bond donors (Lipinski definition) is 2. The Morgan fingerprint density at radius 2 is 2.00 bits per heavy atom. The molecule has 0 aliphatic carbocycles. The first-order chi connectivity index (χ1) is 9.47. The molecule has 0 saturated carbocycles. The van der Waals surface area contributed by atoms with Crippen LogP contribution in [0.25, 0.3) is 0 Å².